The molecule has 2 rings (SSSR count). The second-order valence-corrected chi connectivity index (χ2v) is 5.23. The van der Waals surface area contributed by atoms with Gasteiger partial charge in [0, 0.05) is 29.8 Å². The van der Waals surface area contributed by atoms with Gasteiger partial charge in [-0.1, -0.05) is 0 Å². The molecule has 0 saturated carbocycles. The van der Waals surface area contributed by atoms with Crippen molar-refractivity contribution in [2.45, 2.75) is 19.8 Å². The maximum absolute atomic E-state index is 12.6. The Balaban J connectivity index is 2.28. The number of rotatable bonds is 9. The number of halogens is 4. The molecule has 0 aliphatic heterocycles. The van der Waals surface area contributed by atoms with Gasteiger partial charge in [-0.05, 0) is 24.3 Å². The minimum absolute atomic E-state index is 0.0461. The van der Waals surface area contributed by atoms with Crippen LogP contribution in [-0.4, -0.2) is 24.1 Å². The number of nitrogens with one attached hydrogen (secondary N) is 1. The van der Waals surface area contributed by atoms with E-state index in [9.17, 15) is 32.5 Å². The second-order valence-electron chi connectivity index (χ2n) is 5.23. The van der Waals surface area contributed by atoms with E-state index < -0.39 is 41.2 Å². The van der Waals surface area contributed by atoms with Crippen LogP contribution in [0.3, 0.4) is 0 Å². The number of hydrogen-bond donors (Lipinski definition) is 2. The van der Waals surface area contributed by atoms with Crippen molar-refractivity contribution in [3.05, 3.63) is 57.6 Å². The molecule has 0 spiro atoms. The molecule has 0 radical (unpaired) electrons. The van der Waals surface area contributed by atoms with Gasteiger partial charge in [-0.3, -0.25) is 14.9 Å². The van der Waals surface area contributed by atoms with Crippen LogP contribution < -0.4 is 20.5 Å². The first-order valence-corrected chi connectivity index (χ1v) is 7.52. The lowest BCUT2D eigenvalue weighted by Crippen LogP contribution is -2.12. The number of nitrogens with two attached hydrogens (primary N) is 1. The summed E-state index contributed by atoms with van der Waals surface area (Å²) in [6, 6.07) is 6.56. The molecule has 0 heterocycles. The highest BCUT2D eigenvalue weighted by atomic mass is 19.3. The molecule has 2 aromatic carbocycles. The van der Waals surface area contributed by atoms with E-state index in [2.05, 4.69) is 14.8 Å². The first kappa shape index (κ1) is 20.7. The van der Waals surface area contributed by atoms with Gasteiger partial charge in [0.25, 0.3) is 5.69 Å². The lowest BCUT2D eigenvalue weighted by molar-refractivity contribution is -0.385. The number of nitro benzene ring substituents is 1. The average Bonchev–Trinajstić information content (AvgIpc) is 2.59. The zero-order valence-electron chi connectivity index (χ0n) is 13.9. The Hall–Kier alpha value is -3.57. The van der Waals surface area contributed by atoms with Crippen LogP contribution in [0.1, 0.15) is 15.9 Å². The maximum atomic E-state index is 12.6. The number of carbonyl (C=O) groups excluding carboxylic acids is 1. The zero-order valence-corrected chi connectivity index (χ0v) is 13.9. The molecule has 0 saturated heterocycles. The molecule has 0 atom stereocenters. The van der Waals surface area contributed by atoms with Crippen molar-refractivity contribution in [3.63, 3.8) is 0 Å². The fourth-order valence-corrected chi connectivity index (χ4v) is 2.25. The van der Waals surface area contributed by atoms with Gasteiger partial charge in [0.1, 0.15) is 5.75 Å². The van der Waals surface area contributed by atoms with Gasteiger partial charge in [-0.25, -0.2) is 0 Å². The SMILES string of the molecule is NC(=O)c1ccc(CNc2ccc(OC(F)F)cc2OC(F)F)c([N+](=O)[O-])c1. The van der Waals surface area contributed by atoms with Crippen LogP contribution in [0.4, 0.5) is 28.9 Å². The number of nitrogens with zero attached hydrogens (tertiary/aromatic N) is 1. The van der Waals surface area contributed by atoms with E-state index >= 15 is 0 Å². The number of ether oxygens (including phenoxy) is 2. The van der Waals surface area contributed by atoms with Gasteiger partial charge in [0.15, 0.2) is 5.75 Å². The van der Waals surface area contributed by atoms with Crippen molar-refractivity contribution in [2.24, 2.45) is 5.73 Å². The van der Waals surface area contributed by atoms with E-state index in [4.69, 9.17) is 5.73 Å². The second kappa shape index (κ2) is 8.88. The van der Waals surface area contributed by atoms with Gasteiger partial charge in [0.05, 0.1) is 10.6 Å². The van der Waals surface area contributed by atoms with Crippen LogP contribution in [0.15, 0.2) is 36.4 Å². The zero-order chi connectivity index (χ0) is 20.8. The maximum Gasteiger partial charge on any atom is 0.387 e. The van der Waals surface area contributed by atoms with Crippen LogP contribution in [-0.2, 0) is 6.54 Å². The number of primary amides is 1. The summed E-state index contributed by atoms with van der Waals surface area (Å²) in [5, 5.41) is 13.8. The lowest BCUT2D eigenvalue weighted by Gasteiger charge is -2.15. The minimum atomic E-state index is -3.24. The highest BCUT2D eigenvalue weighted by Gasteiger charge is 2.18. The van der Waals surface area contributed by atoms with Crippen LogP contribution in [0.5, 0.6) is 11.5 Å². The first-order valence-electron chi connectivity index (χ1n) is 7.52. The summed E-state index contributed by atoms with van der Waals surface area (Å²) in [4.78, 5) is 21.6. The van der Waals surface area contributed by atoms with E-state index in [0.29, 0.717) is 0 Å². The Morgan fingerprint density at radius 3 is 2.36 bits per heavy atom. The number of hydrogen-bond acceptors (Lipinski definition) is 6. The Kier molecular flexibility index (Phi) is 6.58. The fourth-order valence-electron chi connectivity index (χ4n) is 2.25. The molecule has 2 aromatic rings. The molecule has 1 amide bonds. The van der Waals surface area contributed by atoms with Crippen molar-refractivity contribution in [3.8, 4) is 11.5 Å². The summed E-state index contributed by atoms with van der Waals surface area (Å²) in [5.41, 5.74) is 4.66. The number of benzene rings is 2. The Morgan fingerprint density at radius 1 is 1.11 bits per heavy atom. The van der Waals surface area contributed by atoms with Crippen LogP contribution >= 0.6 is 0 Å². The number of alkyl halides is 4. The largest absolute Gasteiger partial charge is 0.435 e. The number of nitro groups is 1. The number of anilines is 1. The standard InChI is InChI=1S/C16H13F4N3O5/c17-15(18)27-10-3-4-11(13(6-10)28-16(19)20)22-7-9-2-1-8(14(21)24)5-12(9)23(25)26/h1-6,15-16,22H,7H2,(H2,21,24). The molecule has 0 bridgehead atoms. The topological polar surface area (TPSA) is 117 Å². The fraction of sp³-hybridized carbons (Fsp3) is 0.188. The Bertz CT molecular complexity index is 879. The molecule has 0 aliphatic rings. The van der Waals surface area contributed by atoms with E-state index in [1.54, 1.807) is 0 Å². The Labute approximate surface area is 155 Å². The summed E-state index contributed by atoms with van der Waals surface area (Å²) < 4.78 is 58.1. The number of amides is 1. The molecule has 0 aromatic heterocycles. The van der Waals surface area contributed by atoms with Crippen LogP contribution in [0, 0.1) is 10.1 Å². The van der Waals surface area contributed by atoms with E-state index in [1.165, 1.54) is 12.1 Å². The monoisotopic (exact) mass is 403 g/mol. The smallest absolute Gasteiger partial charge is 0.387 e. The normalized spacial score (nSPS) is 10.8. The van der Waals surface area contributed by atoms with Crippen molar-refractivity contribution in [1.82, 2.24) is 0 Å². The molecule has 0 unspecified atom stereocenters. The van der Waals surface area contributed by atoms with Gasteiger partial charge >= 0.3 is 13.2 Å². The average molecular weight is 403 g/mol. The predicted octanol–water partition coefficient (Wildman–Crippen LogP) is 3.51. The molecule has 12 heteroatoms. The van der Waals surface area contributed by atoms with Gasteiger partial charge in [-0.15, -0.1) is 0 Å². The molecule has 150 valence electrons. The van der Waals surface area contributed by atoms with Crippen molar-refractivity contribution >= 4 is 17.3 Å². The van der Waals surface area contributed by atoms with E-state index in [0.717, 1.165) is 24.3 Å². The van der Waals surface area contributed by atoms with Gasteiger partial charge in [-0.2, -0.15) is 17.6 Å². The number of carbonyl (C=O) groups is 1. The highest BCUT2D eigenvalue weighted by molar-refractivity contribution is 5.93. The minimum Gasteiger partial charge on any atom is -0.435 e. The molecule has 8 nitrogen and oxygen atoms in total. The molecular weight excluding hydrogens is 390 g/mol. The van der Waals surface area contributed by atoms with Crippen LogP contribution in [0.2, 0.25) is 0 Å². The van der Waals surface area contributed by atoms with Gasteiger partial charge in [0.2, 0.25) is 5.91 Å². The predicted molar refractivity (Wildman–Crippen MR) is 88.6 cm³/mol. The molecule has 0 fully saturated rings. The molecule has 0 aliphatic carbocycles. The molecule has 3 N–H and O–H groups in total. The van der Waals surface area contributed by atoms with Crippen LogP contribution in [0.25, 0.3) is 0 Å². The molecule has 28 heavy (non-hydrogen) atoms. The third-order valence-electron chi connectivity index (χ3n) is 3.43. The van der Waals surface area contributed by atoms with E-state index in [1.807, 2.05) is 0 Å². The van der Waals surface area contributed by atoms with Crippen molar-refractivity contribution in [2.75, 3.05) is 5.32 Å². The first-order chi connectivity index (χ1) is 13.2. The summed E-state index contributed by atoms with van der Waals surface area (Å²) in [5.74, 6) is -1.76. The molecular formula is C16H13F4N3O5. The van der Waals surface area contributed by atoms with E-state index in [-0.39, 0.29) is 23.4 Å². The summed E-state index contributed by atoms with van der Waals surface area (Å²) in [6.07, 6.45) is 0. The highest BCUT2D eigenvalue weighted by Crippen LogP contribution is 2.32. The third-order valence-corrected chi connectivity index (χ3v) is 3.43. The lowest BCUT2D eigenvalue weighted by atomic mass is 10.1. The van der Waals surface area contributed by atoms with Crippen molar-refractivity contribution < 1.29 is 36.8 Å². The summed E-state index contributed by atoms with van der Waals surface area (Å²) in [6.45, 7) is -6.62. The van der Waals surface area contributed by atoms with Gasteiger partial charge < -0.3 is 20.5 Å². The third kappa shape index (κ3) is 5.46. The summed E-state index contributed by atoms with van der Waals surface area (Å²) in [7, 11) is 0. The van der Waals surface area contributed by atoms with Crippen molar-refractivity contribution in [1.29, 1.82) is 0 Å². The summed E-state index contributed by atoms with van der Waals surface area (Å²) >= 11 is 0. The quantitative estimate of drug-likeness (QED) is 0.376. The Morgan fingerprint density at radius 2 is 1.79 bits per heavy atom.